The summed E-state index contributed by atoms with van der Waals surface area (Å²) in [7, 11) is 0. The van der Waals surface area contributed by atoms with Crippen molar-refractivity contribution >= 4 is 28.3 Å². The molecule has 0 aliphatic carbocycles. The second-order valence-electron chi connectivity index (χ2n) is 9.68. The van der Waals surface area contributed by atoms with Gasteiger partial charge in [-0.25, -0.2) is 9.18 Å². The smallest absolute Gasteiger partial charge is 0.350 e. The van der Waals surface area contributed by atoms with Crippen LogP contribution in [-0.2, 0) is 6.54 Å². The summed E-state index contributed by atoms with van der Waals surface area (Å²) in [5, 5.41) is 19.1. The number of hydrogen-bond donors (Lipinski definition) is 2. The Balaban J connectivity index is 1.66. The lowest BCUT2D eigenvalue weighted by molar-refractivity contribution is 0.212. The van der Waals surface area contributed by atoms with E-state index in [-0.39, 0.29) is 46.3 Å². The molecule has 0 saturated carbocycles. The van der Waals surface area contributed by atoms with E-state index in [2.05, 4.69) is 34.1 Å². The molecule has 9 nitrogen and oxygen atoms in total. The summed E-state index contributed by atoms with van der Waals surface area (Å²) < 4.78 is 24.6. The number of nitrogens with zero attached hydrogens (tertiary/aromatic N) is 5. The van der Waals surface area contributed by atoms with Crippen molar-refractivity contribution in [2.45, 2.75) is 38.5 Å². The van der Waals surface area contributed by atoms with E-state index >= 15 is 4.39 Å². The van der Waals surface area contributed by atoms with Crippen molar-refractivity contribution < 1.29 is 14.2 Å². The number of rotatable bonds is 4. The van der Waals surface area contributed by atoms with Crippen LogP contribution in [0.1, 0.15) is 19.9 Å². The first-order chi connectivity index (χ1) is 17.8. The van der Waals surface area contributed by atoms with E-state index in [9.17, 15) is 9.90 Å². The Morgan fingerprint density at radius 1 is 1.27 bits per heavy atom. The fraction of sp³-hybridized carbons (Fsp3) is 0.346. The highest BCUT2D eigenvalue weighted by atomic mass is 35.5. The number of aromatic hydroxyl groups is 1. The molecule has 192 valence electrons. The van der Waals surface area contributed by atoms with Crippen LogP contribution in [-0.4, -0.2) is 56.2 Å². The zero-order valence-electron chi connectivity index (χ0n) is 20.4. The average Bonchev–Trinajstić information content (AvgIpc) is 3.37. The number of halogens is 2. The number of nitrogens with one attached hydrogen (secondary N) is 1. The molecule has 6 rings (SSSR count). The first kappa shape index (κ1) is 23.7. The first-order valence-electron chi connectivity index (χ1n) is 12.2. The minimum Gasteiger partial charge on any atom is -0.507 e. The third-order valence-corrected chi connectivity index (χ3v) is 7.41. The summed E-state index contributed by atoms with van der Waals surface area (Å²) in [6, 6.07) is 7.42. The molecule has 11 heteroatoms. The van der Waals surface area contributed by atoms with Gasteiger partial charge in [0.1, 0.15) is 24.0 Å². The SMILES string of the molecule is C[C@@H]1CN(c2nc(=O)n3c4c(c(-c5c(O)cccc5F)c(Cl)cc24)OC[C@H]3Cn2cccn2)[C@@H](C)CN1. The Hall–Kier alpha value is -3.63. The van der Waals surface area contributed by atoms with Crippen LogP contribution in [0.3, 0.4) is 0 Å². The molecule has 4 heterocycles. The molecule has 1 fully saturated rings. The maximum Gasteiger partial charge on any atom is 0.350 e. The van der Waals surface area contributed by atoms with Crippen LogP contribution in [0.25, 0.3) is 22.0 Å². The molecule has 37 heavy (non-hydrogen) atoms. The van der Waals surface area contributed by atoms with Crippen LogP contribution >= 0.6 is 11.6 Å². The summed E-state index contributed by atoms with van der Waals surface area (Å²) >= 11 is 6.79. The van der Waals surface area contributed by atoms with Crippen molar-refractivity contribution in [1.82, 2.24) is 24.6 Å². The first-order valence-corrected chi connectivity index (χ1v) is 12.6. The van der Waals surface area contributed by atoms with E-state index in [1.807, 2.05) is 12.3 Å². The van der Waals surface area contributed by atoms with Gasteiger partial charge in [-0.15, -0.1) is 0 Å². The minimum atomic E-state index is -0.646. The van der Waals surface area contributed by atoms with Gasteiger partial charge in [0.2, 0.25) is 0 Å². The Morgan fingerprint density at radius 2 is 2.11 bits per heavy atom. The van der Waals surface area contributed by atoms with Crippen LogP contribution in [0, 0.1) is 5.82 Å². The van der Waals surface area contributed by atoms with Crippen LogP contribution in [0.5, 0.6) is 11.5 Å². The quantitative estimate of drug-likeness (QED) is 0.421. The number of hydrogen-bond acceptors (Lipinski definition) is 7. The Kier molecular flexibility index (Phi) is 5.80. The van der Waals surface area contributed by atoms with Gasteiger partial charge >= 0.3 is 5.69 Å². The van der Waals surface area contributed by atoms with Crippen molar-refractivity contribution in [2.24, 2.45) is 0 Å². The Labute approximate surface area is 217 Å². The fourth-order valence-electron chi connectivity index (χ4n) is 5.35. The van der Waals surface area contributed by atoms with E-state index in [4.69, 9.17) is 16.3 Å². The molecule has 2 N–H and O–H groups in total. The summed E-state index contributed by atoms with van der Waals surface area (Å²) in [4.78, 5) is 20.3. The van der Waals surface area contributed by atoms with Gasteiger partial charge in [-0.3, -0.25) is 9.25 Å². The maximum absolute atomic E-state index is 15.0. The number of piperazine rings is 1. The molecule has 2 aliphatic heterocycles. The fourth-order valence-corrected chi connectivity index (χ4v) is 5.64. The Morgan fingerprint density at radius 3 is 2.86 bits per heavy atom. The van der Waals surface area contributed by atoms with Crippen LogP contribution in [0.4, 0.5) is 10.2 Å². The van der Waals surface area contributed by atoms with Crippen molar-refractivity contribution in [3.63, 3.8) is 0 Å². The van der Waals surface area contributed by atoms with E-state index in [0.717, 1.165) is 6.54 Å². The van der Waals surface area contributed by atoms with Gasteiger partial charge in [-0.1, -0.05) is 17.7 Å². The van der Waals surface area contributed by atoms with Crippen molar-refractivity contribution in [1.29, 1.82) is 0 Å². The standard InChI is InChI=1S/C26H26ClFN6O3/c1-14-11-33(15(2)10-29-14)25-17-9-18(27)21(22-19(28)5-3-6-20(22)35)24-23(17)34(26(36)31-25)16(13-37-24)12-32-8-4-7-30-32/h3-9,14-16,29,35H,10-13H2,1-2H3/t14-,15+,16-/m1/s1. The number of aromatic nitrogens is 4. The lowest BCUT2D eigenvalue weighted by atomic mass is 9.98. The largest absolute Gasteiger partial charge is 0.507 e. The molecular weight excluding hydrogens is 499 g/mol. The normalized spacial score (nSPS) is 21.3. The molecule has 0 radical (unpaired) electrons. The zero-order valence-corrected chi connectivity index (χ0v) is 21.1. The number of benzene rings is 2. The lowest BCUT2D eigenvalue weighted by Crippen LogP contribution is -2.55. The predicted molar refractivity (Wildman–Crippen MR) is 139 cm³/mol. The molecule has 3 atom stereocenters. The molecule has 0 unspecified atom stereocenters. The van der Waals surface area contributed by atoms with Crippen LogP contribution < -0.4 is 20.6 Å². The number of phenols is 1. The second-order valence-corrected chi connectivity index (χ2v) is 10.1. The van der Waals surface area contributed by atoms with Gasteiger partial charge in [0.25, 0.3) is 0 Å². The van der Waals surface area contributed by atoms with Crippen molar-refractivity contribution in [3.8, 4) is 22.6 Å². The zero-order chi connectivity index (χ0) is 25.8. The monoisotopic (exact) mass is 524 g/mol. The van der Waals surface area contributed by atoms with Gasteiger partial charge in [-0.2, -0.15) is 10.1 Å². The second kappa shape index (κ2) is 9.04. The molecule has 2 aliphatic rings. The average molecular weight is 525 g/mol. The van der Waals surface area contributed by atoms with Crippen molar-refractivity contribution in [3.05, 3.63) is 64.0 Å². The van der Waals surface area contributed by atoms with Crippen LogP contribution in [0.2, 0.25) is 5.02 Å². The summed E-state index contributed by atoms with van der Waals surface area (Å²) in [5.74, 6) is -0.163. The van der Waals surface area contributed by atoms with E-state index in [1.54, 1.807) is 21.5 Å². The number of anilines is 1. The van der Waals surface area contributed by atoms with Gasteiger partial charge in [0.05, 0.1) is 34.3 Å². The van der Waals surface area contributed by atoms with E-state index < -0.39 is 17.5 Å². The molecule has 0 bridgehead atoms. The molecular formula is C26H26ClFN6O3. The highest BCUT2D eigenvalue weighted by molar-refractivity contribution is 6.35. The molecule has 4 aromatic rings. The minimum absolute atomic E-state index is 0.0726. The van der Waals surface area contributed by atoms with Crippen LogP contribution in [0.15, 0.2) is 47.5 Å². The maximum atomic E-state index is 15.0. The van der Waals surface area contributed by atoms with Crippen molar-refractivity contribution in [2.75, 3.05) is 24.6 Å². The topological polar surface area (TPSA) is 97.4 Å². The molecule has 1 saturated heterocycles. The molecule has 2 aromatic carbocycles. The van der Waals surface area contributed by atoms with Gasteiger partial charge in [-0.05, 0) is 38.1 Å². The van der Waals surface area contributed by atoms with Gasteiger partial charge in [0.15, 0.2) is 5.75 Å². The third-order valence-electron chi connectivity index (χ3n) is 7.12. The van der Waals surface area contributed by atoms with E-state index in [0.29, 0.717) is 29.8 Å². The molecule has 0 amide bonds. The van der Waals surface area contributed by atoms with Gasteiger partial charge in [0, 0.05) is 43.0 Å². The number of ether oxygens (including phenoxy) is 1. The highest BCUT2D eigenvalue weighted by Gasteiger charge is 2.34. The van der Waals surface area contributed by atoms with Gasteiger partial charge < -0.3 is 20.1 Å². The lowest BCUT2D eigenvalue weighted by Gasteiger charge is -2.39. The third kappa shape index (κ3) is 3.91. The Bertz CT molecular complexity index is 1540. The highest BCUT2D eigenvalue weighted by Crippen LogP contribution is 2.49. The summed E-state index contributed by atoms with van der Waals surface area (Å²) in [6.07, 6.45) is 3.48. The molecule has 2 aromatic heterocycles. The molecule has 0 spiro atoms. The number of phenolic OH excluding ortho intramolecular Hbond substituents is 1. The predicted octanol–water partition coefficient (Wildman–Crippen LogP) is 3.58. The summed E-state index contributed by atoms with van der Waals surface area (Å²) in [6.45, 7) is 6.01. The van der Waals surface area contributed by atoms with E-state index in [1.165, 1.54) is 18.2 Å². The summed E-state index contributed by atoms with van der Waals surface area (Å²) in [5.41, 5.74) is 0.165.